The van der Waals surface area contributed by atoms with E-state index in [0.29, 0.717) is 12.5 Å². The molecule has 22 heavy (non-hydrogen) atoms. The molecule has 2 amide bonds. The van der Waals surface area contributed by atoms with Gasteiger partial charge in [0, 0.05) is 44.3 Å². The maximum absolute atomic E-state index is 12.3. The summed E-state index contributed by atoms with van der Waals surface area (Å²) in [5, 5.41) is 5.87. The number of thiazole rings is 1. The van der Waals surface area contributed by atoms with Crippen LogP contribution in [-0.2, 0) is 11.3 Å². The molecule has 7 heteroatoms. The molecule has 2 saturated heterocycles. The third kappa shape index (κ3) is 4.41. The van der Waals surface area contributed by atoms with Crippen LogP contribution in [0.4, 0.5) is 4.79 Å². The van der Waals surface area contributed by atoms with Crippen LogP contribution in [0, 0.1) is 5.92 Å². The summed E-state index contributed by atoms with van der Waals surface area (Å²) in [7, 11) is 0. The number of piperidine rings is 1. The predicted molar refractivity (Wildman–Crippen MR) is 85.9 cm³/mol. The fourth-order valence-electron chi connectivity index (χ4n) is 3.15. The Hall–Kier alpha value is -1.18. The van der Waals surface area contributed by atoms with Gasteiger partial charge in [-0.15, -0.1) is 11.3 Å². The molecule has 0 aromatic carbocycles. The second-order valence-corrected chi connectivity index (χ2v) is 6.93. The summed E-state index contributed by atoms with van der Waals surface area (Å²) < 4.78 is 5.39. The molecule has 1 N–H and O–H groups in total. The van der Waals surface area contributed by atoms with Gasteiger partial charge in [-0.05, 0) is 18.8 Å². The fraction of sp³-hybridized carbons (Fsp3) is 0.733. The first kappa shape index (κ1) is 15.7. The van der Waals surface area contributed by atoms with Crippen LogP contribution in [-0.4, -0.2) is 66.8 Å². The minimum absolute atomic E-state index is 0.0434. The predicted octanol–water partition coefficient (Wildman–Crippen LogP) is 1.40. The lowest BCUT2D eigenvalue weighted by atomic mass is 9.97. The molecule has 2 aliphatic rings. The molecule has 0 aliphatic carbocycles. The Morgan fingerprint density at radius 3 is 3.05 bits per heavy atom. The highest BCUT2D eigenvalue weighted by Crippen LogP contribution is 2.18. The second kappa shape index (κ2) is 7.89. The van der Waals surface area contributed by atoms with Crippen molar-refractivity contribution >= 4 is 17.4 Å². The summed E-state index contributed by atoms with van der Waals surface area (Å²) >= 11 is 1.57. The summed E-state index contributed by atoms with van der Waals surface area (Å²) in [5.74, 6) is 0.581. The quantitative estimate of drug-likeness (QED) is 0.909. The molecule has 2 fully saturated rings. The lowest BCUT2D eigenvalue weighted by Crippen LogP contribution is -2.48. The van der Waals surface area contributed by atoms with Gasteiger partial charge in [-0.1, -0.05) is 0 Å². The van der Waals surface area contributed by atoms with Crippen LogP contribution in [0.2, 0.25) is 0 Å². The molecule has 0 bridgehead atoms. The molecule has 0 radical (unpaired) electrons. The number of ether oxygens (including phenoxy) is 1. The van der Waals surface area contributed by atoms with Gasteiger partial charge < -0.3 is 15.0 Å². The molecule has 1 aromatic rings. The van der Waals surface area contributed by atoms with Crippen molar-refractivity contribution in [2.24, 2.45) is 5.92 Å². The Bertz CT molecular complexity index is 462. The number of rotatable bonds is 4. The molecule has 0 saturated carbocycles. The molecular formula is C15H24N4O2S. The Morgan fingerprint density at radius 2 is 2.27 bits per heavy atom. The summed E-state index contributed by atoms with van der Waals surface area (Å²) in [6, 6.07) is 0.0434. The monoisotopic (exact) mass is 324 g/mol. The van der Waals surface area contributed by atoms with Gasteiger partial charge >= 0.3 is 6.03 Å². The average Bonchev–Trinajstić information content (AvgIpc) is 3.07. The SMILES string of the molecule is O=C(NCc1nccs1)N1CCC[C@@H](CN2CCOCC2)C1. The molecule has 2 aliphatic heterocycles. The van der Waals surface area contributed by atoms with E-state index in [2.05, 4.69) is 15.2 Å². The maximum Gasteiger partial charge on any atom is 0.317 e. The van der Waals surface area contributed by atoms with E-state index in [1.807, 2.05) is 10.3 Å². The Labute approximate surface area is 135 Å². The number of amides is 2. The van der Waals surface area contributed by atoms with Crippen molar-refractivity contribution in [1.29, 1.82) is 0 Å². The van der Waals surface area contributed by atoms with Crippen LogP contribution in [0.15, 0.2) is 11.6 Å². The molecule has 3 rings (SSSR count). The zero-order valence-corrected chi connectivity index (χ0v) is 13.7. The third-order valence-electron chi connectivity index (χ3n) is 4.30. The van der Waals surface area contributed by atoms with E-state index in [9.17, 15) is 4.79 Å². The number of nitrogens with zero attached hydrogens (tertiary/aromatic N) is 3. The number of nitrogens with one attached hydrogen (secondary N) is 1. The largest absolute Gasteiger partial charge is 0.379 e. The highest BCUT2D eigenvalue weighted by atomic mass is 32.1. The highest BCUT2D eigenvalue weighted by Gasteiger charge is 2.25. The van der Waals surface area contributed by atoms with Gasteiger partial charge in [0.05, 0.1) is 19.8 Å². The summed E-state index contributed by atoms with van der Waals surface area (Å²) in [6.07, 6.45) is 4.08. The molecular weight excluding hydrogens is 300 g/mol. The summed E-state index contributed by atoms with van der Waals surface area (Å²) in [6.45, 7) is 7.06. The number of hydrogen-bond acceptors (Lipinski definition) is 5. The summed E-state index contributed by atoms with van der Waals surface area (Å²) in [5.41, 5.74) is 0. The minimum atomic E-state index is 0.0434. The highest BCUT2D eigenvalue weighted by molar-refractivity contribution is 7.09. The van der Waals surface area contributed by atoms with Crippen molar-refractivity contribution in [2.75, 3.05) is 45.9 Å². The van der Waals surface area contributed by atoms with Gasteiger partial charge in [0.15, 0.2) is 0 Å². The minimum Gasteiger partial charge on any atom is -0.379 e. The van der Waals surface area contributed by atoms with Crippen LogP contribution >= 0.6 is 11.3 Å². The van der Waals surface area contributed by atoms with Gasteiger partial charge in [0.2, 0.25) is 0 Å². The van der Waals surface area contributed by atoms with Gasteiger partial charge in [-0.2, -0.15) is 0 Å². The van der Waals surface area contributed by atoms with Crippen LogP contribution in [0.5, 0.6) is 0 Å². The fourth-order valence-corrected chi connectivity index (χ4v) is 3.71. The van der Waals surface area contributed by atoms with Crippen molar-refractivity contribution in [3.8, 4) is 0 Å². The van der Waals surface area contributed by atoms with E-state index >= 15 is 0 Å². The lowest BCUT2D eigenvalue weighted by Gasteiger charge is -2.36. The van der Waals surface area contributed by atoms with Gasteiger partial charge in [0.1, 0.15) is 5.01 Å². The number of carbonyl (C=O) groups excluding carboxylic acids is 1. The van der Waals surface area contributed by atoms with Crippen LogP contribution in [0.1, 0.15) is 17.8 Å². The van der Waals surface area contributed by atoms with Gasteiger partial charge in [-0.25, -0.2) is 9.78 Å². The Kier molecular flexibility index (Phi) is 5.64. The first-order valence-corrected chi connectivity index (χ1v) is 8.90. The normalized spacial score (nSPS) is 23.5. The standard InChI is InChI=1S/C15H24N4O2S/c20-15(17-10-14-16-3-9-22-14)19-4-1-2-13(12-19)11-18-5-7-21-8-6-18/h3,9,13H,1-2,4-8,10-12H2,(H,17,20)/t13-/m0/s1. The molecule has 3 heterocycles. The molecule has 1 aromatic heterocycles. The first-order valence-electron chi connectivity index (χ1n) is 8.02. The molecule has 6 nitrogen and oxygen atoms in total. The van der Waals surface area contributed by atoms with E-state index in [1.165, 1.54) is 6.42 Å². The number of morpholine rings is 1. The molecule has 1 atom stereocenters. The molecule has 122 valence electrons. The maximum atomic E-state index is 12.3. The van der Waals surface area contributed by atoms with E-state index in [1.54, 1.807) is 17.5 Å². The van der Waals surface area contributed by atoms with Crippen molar-refractivity contribution < 1.29 is 9.53 Å². The van der Waals surface area contributed by atoms with Gasteiger partial charge in [-0.3, -0.25) is 4.90 Å². The van der Waals surface area contributed by atoms with Gasteiger partial charge in [0.25, 0.3) is 0 Å². The number of urea groups is 1. The smallest absolute Gasteiger partial charge is 0.317 e. The van der Waals surface area contributed by atoms with Crippen LogP contribution < -0.4 is 5.32 Å². The molecule has 0 unspecified atom stereocenters. The molecule has 0 spiro atoms. The second-order valence-electron chi connectivity index (χ2n) is 5.95. The van der Waals surface area contributed by atoms with Crippen LogP contribution in [0.25, 0.3) is 0 Å². The van der Waals surface area contributed by atoms with E-state index in [-0.39, 0.29) is 6.03 Å². The zero-order valence-electron chi connectivity index (χ0n) is 12.9. The van der Waals surface area contributed by atoms with E-state index < -0.39 is 0 Å². The van der Waals surface area contributed by atoms with Crippen LogP contribution in [0.3, 0.4) is 0 Å². The Morgan fingerprint density at radius 1 is 1.41 bits per heavy atom. The third-order valence-corrected chi connectivity index (χ3v) is 5.08. The van der Waals surface area contributed by atoms with Crippen molar-refractivity contribution in [2.45, 2.75) is 19.4 Å². The number of aromatic nitrogens is 1. The lowest BCUT2D eigenvalue weighted by molar-refractivity contribution is 0.0249. The number of carbonyl (C=O) groups is 1. The topological polar surface area (TPSA) is 57.7 Å². The number of likely N-dealkylation sites (tertiary alicyclic amines) is 1. The number of hydrogen-bond donors (Lipinski definition) is 1. The van der Waals surface area contributed by atoms with Crippen molar-refractivity contribution in [3.05, 3.63) is 16.6 Å². The summed E-state index contributed by atoms with van der Waals surface area (Å²) in [4.78, 5) is 20.9. The first-order chi connectivity index (χ1) is 10.8. The Balaban J connectivity index is 1.43. The van der Waals surface area contributed by atoms with Crippen molar-refractivity contribution in [1.82, 2.24) is 20.1 Å². The average molecular weight is 324 g/mol. The van der Waals surface area contributed by atoms with E-state index in [4.69, 9.17) is 4.74 Å². The van der Waals surface area contributed by atoms with Crippen molar-refractivity contribution in [3.63, 3.8) is 0 Å². The van der Waals surface area contributed by atoms with E-state index in [0.717, 1.165) is 57.4 Å². The zero-order chi connectivity index (χ0) is 15.2.